The summed E-state index contributed by atoms with van der Waals surface area (Å²) in [6.07, 6.45) is 3.29. The lowest BCUT2D eigenvalue weighted by Crippen LogP contribution is -2.10. The summed E-state index contributed by atoms with van der Waals surface area (Å²) in [5.74, 6) is -0.233. The van der Waals surface area contributed by atoms with Gasteiger partial charge in [0.05, 0.1) is 10.7 Å². The zero-order valence-electron chi connectivity index (χ0n) is 15.8. The van der Waals surface area contributed by atoms with Gasteiger partial charge in [0.15, 0.2) is 5.13 Å². The van der Waals surface area contributed by atoms with Crippen LogP contribution in [0.15, 0.2) is 53.9 Å². The highest BCUT2D eigenvalue weighted by Gasteiger charge is 2.13. The predicted octanol–water partition coefficient (Wildman–Crippen LogP) is 7.07. The molecule has 0 atom stereocenters. The van der Waals surface area contributed by atoms with Crippen LogP contribution in [-0.2, 0) is 10.2 Å². The lowest BCUT2D eigenvalue weighted by molar-refractivity contribution is -0.111. The minimum absolute atomic E-state index is 0.106. The van der Waals surface area contributed by atoms with E-state index in [2.05, 4.69) is 43.2 Å². The normalized spacial score (nSPS) is 11.8. The monoisotopic (exact) mass is 430 g/mol. The Kier molecular flexibility index (Phi) is 6.23. The van der Waals surface area contributed by atoms with Crippen molar-refractivity contribution in [3.63, 3.8) is 0 Å². The summed E-state index contributed by atoms with van der Waals surface area (Å²) in [5, 5.41) is 6.23. The number of carbonyl (C=O) groups is 1. The number of rotatable bonds is 4. The Morgan fingerprint density at radius 2 is 1.82 bits per heavy atom. The summed E-state index contributed by atoms with van der Waals surface area (Å²) in [5.41, 5.74) is 3.80. The first-order valence-corrected chi connectivity index (χ1v) is 10.4. The lowest BCUT2D eigenvalue weighted by Gasteiger charge is -2.18. The van der Waals surface area contributed by atoms with E-state index in [1.807, 2.05) is 23.6 Å². The first-order valence-electron chi connectivity index (χ1n) is 8.73. The molecular formula is C22H20Cl2N2OS. The molecule has 0 saturated heterocycles. The molecule has 0 saturated carbocycles. The van der Waals surface area contributed by atoms with Gasteiger partial charge in [-0.1, -0.05) is 68.2 Å². The first-order chi connectivity index (χ1) is 13.2. The van der Waals surface area contributed by atoms with Crippen molar-refractivity contribution in [2.45, 2.75) is 26.2 Å². The fourth-order valence-corrected chi connectivity index (χ4v) is 3.78. The molecule has 0 unspecified atom stereocenters. The minimum Gasteiger partial charge on any atom is -0.298 e. The number of nitrogens with zero attached hydrogens (tertiary/aromatic N) is 1. The third-order valence-corrected chi connectivity index (χ3v) is 5.45. The predicted molar refractivity (Wildman–Crippen MR) is 120 cm³/mol. The van der Waals surface area contributed by atoms with Crippen LogP contribution in [-0.4, -0.2) is 10.9 Å². The van der Waals surface area contributed by atoms with Gasteiger partial charge in [-0.25, -0.2) is 4.98 Å². The molecule has 3 rings (SSSR count). The molecule has 0 aliphatic rings. The highest BCUT2D eigenvalue weighted by atomic mass is 35.5. The highest BCUT2D eigenvalue weighted by molar-refractivity contribution is 7.14. The van der Waals surface area contributed by atoms with Gasteiger partial charge in [-0.15, -0.1) is 11.3 Å². The standard InChI is InChI=1S/C22H20Cl2N2OS/c1-22(2,3)15-7-4-14(5-8-15)6-11-20(27)26-21-25-19(13-28-21)17-10-9-16(23)12-18(17)24/h4-13H,1-3H3,(H,25,26,27)/b11-6+. The van der Waals surface area contributed by atoms with Gasteiger partial charge in [-0.05, 0) is 40.8 Å². The molecule has 1 amide bonds. The van der Waals surface area contributed by atoms with Crippen LogP contribution in [0.4, 0.5) is 5.13 Å². The summed E-state index contributed by atoms with van der Waals surface area (Å²) >= 11 is 13.5. The second kappa shape index (κ2) is 8.48. The fourth-order valence-electron chi connectivity index (χ4n) is 2.57. The average molecular weight is 431 g/mol. The SMILES string of the molecule is CC(C)(C)c1ccc(/C=C/C(=O)Nc2nc(-c3ccc(Cl)cc3Cl)cs2)cc1. The van der Waals surface area contributed by atoms with Crippen molar-refractivity contribution in [1.82, 2.24) is 4.98 Å². The average Bonchev–Trinajstić information content (AvgIpc) is 3.07. The molecule has 0 aliphatic carbocycles. The molecule has 1 aromatic heterocycles. The maximum Gasteiger partial charge on any atom is 0.250 e. The third kappa shape index (κ3) is 5.22. The fraction of sp³-hybridized carbons (Fsp3) is 0.182. The first kappa shape index (κ1) is 20.6. The number of halogens is 2. The number of anilines is 1. The molecule has 6 heteroatoms. The van der Waals surface area contributed by atoms with Gasteiger partial charge in [-0.2, -0.15) is 0 Å². The van der Waals surface area contributed by atoms with Crippen LogP contribution in [0.5, 0.6) is 0 Å². The van der Waals surface area contributed by atoms with Crippen molar-refractivity contribution < 1.29 is 4.79 Å². The Morgan fingerprint density at radius 1 is 1.11 bits per heavy atom. The quantitative estimate of drug-likeness (QED) is 0.449. The zero-order chi connectivity index (χ0) is 20.3. The molecule has 1 N–H and O–H groups in total. The van der Waals surface area contributed by atoms with E-state index in [0.717, 1.165) is 11.1 Å². The van der Waals surface area contributed by atoms with Crippen LogP contribution in [0.3, 0.4) is 0 Å². The highest BCUT2D eigenvalue weighted by Crippen LogP contribution is 2.32. The molecular weight excluding hydrogens is 411 g/mol. The summed E-state index contributed by atoms with van der Waals surface area (Å²) in [6, 6.07) is 13.4. The largest absolute Gasteiger partial charge is 0.298 e. The molecule has 3 aromatic rings. The van der Waals surface area contributed by atoms with Crippen molar-refractivity contribution in [3.8, 4) is 11.3 Å². The zero-order valence-corrected chi connectivity index (χ0v) is 18.1. The molecule has 28 heavy (non-hydrogen) atoms. The molecule has 144 valence electrons. The van der Waals surface area contributed by atoms with E-state index in [-0.39, 0.29) is 11.3 Å². The number of amides is 1. The number of thiazole rings is 1. The van der Waals surface area contributed by atoms with E-state index < -0.39 is 0 Å². The number of aromatic nitrogens is 1. The van der Waals surface area contributed by atoms with Crippen LogP contribution in [0.25, 0.3) is 17.3 Å². The van der Waals surface area contributed by atoms with E-state index in [0.29, 0.717) is 20.9 Å². The number of carbonyl (C=O) groups excluding carboxylic acids is 1. The molecule has 0 spiro atoms. The van der Waals surface area contributed by atoms with Gasteiger partial charge < -0.3 is 0 Å². The maximum absolute atomic E-state index is 12.2. The van der Waals surface area contributed by atoms with E-state index in [1.165, 1.54) is 23.0 Å². The third-order valence-electron chi connectivity index (χ3n) is 4.15. The molecule has 1 heterocycles. The lowest BCUT2D eigenvalue weighted by atomic mass is 9.87. The Balaban J connectivity index is 1.65. The Bertz CT molecular complexity index is 1020. The van der Waals surface area contributed by atoms with Crippen molar-refractivity contribution >= 4 is 51.7 Å². The topological polar surface area (TPSA) is 42.0 Å². The van der Waals surface area contributed by atoms with Gasteiger partial charge in [-0.3, -0.25) is 10.1 Å². The smallest absolute Gasteiger partial charge is 0.250 e. The van der Waals surface area contributed by atoms with E-state index in [4.69, 9.17) is 23.2 Å². The number of hydrogen-bond acceptors (Lipinski definition) is 3. The van der Waals surface area contributed by atoms with Crippen LogP contribution in [0, 0.1) is 0 Å². The Morgan fingerprint density at radius 3 is 2.46 bits per heavy atom. The second-order valence-electron chi connectivity index (χ2n) is 7.36. The Hall–Kier alpha value is -2.14. The van der Waals surface area contributed by atoms with Crippen LogP contribution in [0.2, 0.25) is 10.0 Å². The second-order valence-corrected chi connectivity index (χ2v) is 9.06. The molecule has 0 aliphatic heterocycles. The number of nitrogens with one attached hydrogen (secondary N) is 1. The van der Waals surface area contributed by atoms with Crippen molar-refractivity contribution in [2.75, 3.05) is 5.32 Å². The summed E-state index contributed by atoms with van der Waals surface area (Å²) in [7, 11) is 0. The van der Waals surface area contributed by atoms with Gasteiger partial charge in [0.1, 0.15) is 0 Å². The summed E-state index contributed by atoms with van der Waals surface area (Å²) < 4.78 is 0. The van der Waals surface area contributed by atoms with Crippen molar-refractivity contribution in [1.29, 1.82) is 0 Å². The van der Waals surface area contributed by atoms with E-state index >= 15 is 0 Å². The van der Waals surface area contributed by atoms with Gasteiger partial charge in [0, 0.05) is 22.0 Å². The van der Waals surface area contributed by atoms with Crippen LogP contribution >= 0.6 is 34.5 Å². The minimum atomic E-state index is -0.233. The van der Waals surface area contributed by atoms with Gasteiger partial charge in [0.2, 0.25) is 5.91 Å². The molecule has 2 aromatic carbocycles. The van der Waals surface area contributed by atoms with Gasteiger partial charge >= 0.3 is 0 Å². The molecule has 0 fully saturated rings. The number of benzene rings is 2. The van der Waals surface area contributed by atoms with Crippen molar-refractivity contribution in [3.05, 3.63) is 75.1 Å². The Labute approximate surface area is 179 Å². The summed E-state index contributed by atoms with van der Waals surface area (Å²) in [6.45, 7) is 6.51. The van der Waals surface area contributed by atoms with Crippen LogP contribution in [0.1, 0.15) is 31.9 Å². The van der Waals surface area contributed by atoms with E-state index in [9.17, 15) is 4.79 Å². The van der Waals surface area contributed by atoms with E-state index in [1.54, 1.807) is 18.2 Å². The molecule has 0 radical (unpaired) electrons. The van der Waals surface area contributed by atoms with Crippen molar-refractivity contribution in [2.24, 2.45) is 0 Å². The number of hydrogen-bond donors (Lipinski definition) is 1. The molecule has 3 nitrogen and oxygen atoms in total. The maximum atomic E-state index is 12.2. The molecule has 0 bridgehead atoms. The summed E-state index contributed by atoms with van der Waals surface area (Å²) in [4.78, 5) is 16.6. The van der Waals surface area contributed by atoms with Crippen LogP contribution < -0.4 is 5.32 Å². The van der Waals surface area contributed by atoms with Gasteiger partial charge in [0.25, 0.3) is 0 Å².